The molecule has 0 saturated heterocycles. The molecular formula is C34H25ClN2. The number of hydrogen-bond donors (Lipinski definition) is 0. The third-order valence-corrected chi connectivity index (χ3v) is 6.99. The number of benzene rings is 6. The zero-order chi connectivity index (χ0) is 25.2. The zero-order valence-electron chi connectivity index (χ0n) is 20.5. The first-order valence-corrected chi connectivity index (χ1v) is 12.9. The molecule has 0 aliphatic rings. The van der Waals surface area contributed by atoms with E-state index in [1.54, 1.807) is 0 Å². The van der Waals surface area contributed by atoms with E-state index in [1.165, 1.54) is 37.9 Å². The highest BCUT2D eigenvalue weighted by Crippen LogP contribution is 2.37. The maximum absolute atomic E-state index is 5.95. The lowest BCUT2D eigenvalue weighted by Crippen LogP contribution is -2.04. The number of nitrogens with zero attached hydrogens (tertiary/aromatic N) is 2. The largest absolute Gasteiger partial charge is 0.250 e. The fourth-order valence-electron chi connectivity index (χ4n) is 5.07. The molecule has 0 spiro atoms. The van der Waals surface area contributed by atoms with Gasteiger partial charge >= 0.3 is 0 Å². The van der Waals surface area contributed by atoms with Crippen LogP contribution in [0.1, 0.15) is 18.1 Å². The molecule has 0 unspecified atom stereocenters. The minimum absolute atomic E-state index is 0.167. The Morgan fingerprint density at radius 3 is 1.73 bits per heavy atom. The Balaban J connectivity index is 1.46. The lowest BCUT2D eigenvalue weighted by molar-refractivity contribution is 1.32. The summed E-state index contributed by atoms with van der Waals surface area (Å²) in [4.78, 5) is 9.27. The molecule has 6 aromatic rings. The Labute approximate surface area is 221 Å². The Kier molecular flexibility index (Phi) is 6.26. The van der Waals surface area contributed by atoms with Gasteiger partial charge in [-0.3, -0.25) is 0 Å². The van der Waals surface area contributed by atoms with Crippen LogP contribution >= 0.6 is 11.6 Å². The molecule has 37 heavy (non-hydrogen) atoms. The second-order valence-electron chi connectivity index (χ2n) is 9.10. The monoisotopic (exact) mass is 496 g/mol. The molecule has 0 saturated carbocycles. The van der Waals surface area contributed by atoms with Gasteiger partial charge in [-0.1, -0.05) is 109 Å². The number of amidine groups is 1. The molecule has 6 rings (SSSR count). The summed E-state index contributed by atoms with van der Waals surface area (Å²) >= 11 is 5.95. The molecule has 0 radical (unpaired) electrons. The van der Waals surface area contributed by atoms with Crippen molar-refractivity contribution >= 4 is 55.5 Å². The summed E-state index contributed by atoms with van der Waals surface area (Å²) in [5.74, 6) is 0.641. The zero-order valence-corrected chi connectivity index (χ0v) is 21.3. The van der Waals surface area contributed by atoms with Crippen molar-refractivity contribution < 1.29 is 0 Å². The first-order chi connectivity index (χ1) is 18.2. The van der Waals surface area contributed by atoms with Crippen molar-refractivity contribution in [3.8, 4) is 11.1 Å². The van der Waals surface area contributed by atoms with Gasteiger partial charge in [0.15, 0.2) is 5.84 Å². The van der Waals surface area contributed by atoms with Gasteiger partial charge < -0.3 is 0 Å². The lowest BCUT2D eigenvalue weighted by atomic mass is 9.91. The van der Waals surface area contributed by atoms with Gasteiger partial charge in [0, 0.05) is 11.3 Å². The van der Waals surface area contributed by atoms with E-state index in [-0.39, 0.29) is 6.00 Å². The summed E-state index contributed by atoms with van der Waals surface area (Å²) in [5.41, 5.74) is 5.24. The van der Waals surface area contributed by atoms with E-state index < -0.39 is 0 Å². The molecule has 0 bridgehead atoms. The van der Waals surface area contributed by atoms with E-state index in [4.69, 9.17) is 16.6 Å². The SMILES string of the molecule is CC(=N/C(=N\CCl)c1ccccc1)c1cccc(-c2ccc3c4ccccc4c4ccccc4c3c2)c1. The van der Waals surface area contributed by atoms with Crippen molar-refractivity contribution in [1.82, 2.24) is 0 Å². The summed E-state index contributed by atoms with van der Waals surface area (Å²) in [6.45, 7) is 2.02. The highest BCUT2D eigenvalue weighted by Gasteiger charge is 2.10. The predicted molar refractivity (Wildman–Crippen MR) is 160 cm³/mol. The Morgan fingerprint density at radius 1 is 0.541 bits per heavy atom. The predicted octanol–water partition coefficient (Wildman–Crippen LogP) is 9.27. The average Bonchev–Trinajstić information content (AvgIpc) is 2.97. The first kappa shape index (κ1) is 23.1. The van der Waals surface area contributed by atoms with Gasteiger partial charge in [0.05, 0.1) is 0 Å². The second kappa shape index (κ2) is 10.0. The van der Waals surface area contributed by atoms with E-state index in [0.29, 0.717) is 5.84 Å². The van der Waals surface area contributed by atoms with E-state index >= 15 is 0 Å². The van der Waals surface area contributed by atoms with Crippen molar-refractivity contribution in [1.29, 1.82) is 0 Å². The van der Waals surface area contributed by atoms with Gasteiger partial charge in [-0.05, 0) is 68.1 Å². The van der Waals surface area contributed by atoms with Crippen molar-refractivity contribution in [2.45, 2.75) is 6.92 Å². The Bertz CT molecular complexity index is 1780. The van der Waals surface area contributed by atoms with Crippen LogP contribution in [0.25, 0.3) is 43.4 Å². The lowest BCUT2D eigenvalue weighted by Gasteiger charge is -2.12. The van der Waals surface area contributed by atoms with Crippen molar-refractivity contribution in [2.24, 2.45) is 9.98 Å². The molecule has 178 valence electrons. The molecule has 0 amide bonds. The number of halogens is 1. The summed E-state index contributed by atoms with van der Waals surface area (Å²) in [7, 11) is 0. The molecule has 0 aliphatic carbocycles. The second-order valence-corrected chi connectivity index (χ2v) is 9.34. The topological polar surface area (TPSA) is 24.7 Å². The molecule has 0 aromatic heterocycles. The van der Waals surface area contributed by atoms with E-state index in [1.807, 2.05) is 37.3 Å². The van der Waals surface area contributed by atoms with Gasteiger partial charge in [-0.15, -0.1) is 11.6 Å². The van der Waals surface area contributed by atoms with E-state index in [2.05, 4.69) is 96.0 Å². The number of hydrogen-bond acceptors (Lipinski definition) is 1. The summed E-state index contributed by atoms with van der Waals surface area (Å²) in [6.07, 6.45) is 0. The molecule has 0 heterocycles. The van der Waals surface area contributed by atoms with Crippen LogP contribution in [0.15, 0.2) is 131 Å². The quantitative estimate of drug-likeness (QED) is 0.0763. The summed E-state index contributed by atoms with van der Waals surface area (Å²) in [6, 6.07) is 42.8. The third kappa shape index (κ3) is 4.41. The third-order valence-electron chi connectivity index (χ3n) is 6.87. The highest BCUT2D eigenvalue weighted by molar-refractivity contribution is 6.25. The fraction of sp³-hybridized carbons (Fsp3) is 0.0588. The van der Waals surface area contributed by atoms with Crippen LogP contribution in [-0.4, -0.2) is 17.6 Å². The Morgan fingerprint density at radius 2 is 1.08 bits per heavy atom. The number of rotatable bonds is 4. The number of fused-ring (bicyclic) bond motifs is 6. The van der Waals surface area contributed by atoms with Crippen LogP contribution in [-0.2, 0) is 0 Å². The van der Waals surface area contributed by atoms with Crippen LogP contribution < -0.4 is 0 Å². The van der Waals surface area contributed by atoms with Crippen LogP contribution in [0.2, 0.25) is 0 Å². The van der Waals surface area contributed by atoms with Crippen LogP contribution in [0, 0.1) is 0 Å². The van der Waals surface area contributed by atoms with Crippen molar-refractivity contribution in [2.75, 3.05) is 6.00 Å². The number of aliphatic imine (C=N–C) groups is 2. The molecule has 0 aliphatic heterocycles. The Hall–Kier alpha value is -4.27. The average molecular weight is 497 g/mol. The van der Waals surface area contributed by atoms with Gasteiger partial charge in [-0.25, -0.2) is 9.98 Å². The highest BCUT2D eigenvalue weighted by atomic mass is 35.5. The molecule has 2 nitrogen and oxygen atoms in total. The number of alkyl halides is 1. The van der Waals surface area contributed by atoms with Crippen LogP contribution in [0.4, 0.5) is 0 Å². The fourth-order valence-corrected chi connectivity index (χ4v) is 5.18. The van der Waals surface area contributed by atoms with Gasteiger partial charge in [-0.2, -0.15) is 0 Å². The smallest absolute Gasteiger partial charge is 0.156 e. The van der Waals surface area contributed by atoms with Crippen molar-refractivity contribution in [3.05, 3.63) is 132 Å². The van der Waals surface area contributed by atoms with Crippen LogP contribution in [0.3, 0.4) is 0 Å². The van der Waals surface area contributed by atoms with E-state index in [0.717, 1.165) is 22.4 Å². The standard InChI is InChI=1S/C34H25ClN2/c1-23(37-34(36-22-35)24-10-3-2-4-11-24)25-12-9-13-26(20-25)27-18-19-32-30-16-6-5-14-28(30)29-15-7-8-17-31(29)33(32)21-27/h2-21H,22H2,1H3/b36-34-,37-23?. The summed E-state index contributed by atoms with van der Waals surface area (Å²) < 4.78 is 0. The van der Waals surface area contributed by atoms with Gasteiger partial charge in [0.25, 0.3) is 0 Å². The molecule has 3 heteroatoms. The van der Waals surface area contributed by atoms with E-state index in [9.17, 15) is 0 Å². The maximum Gasteiger partial charge on any atom is 0.156 e. The van der Waals surface area contributed by atoms with Crippen molar-refractivity contribution in [3.63, 3.8) is 0 Å². The van der Waals surface area contributed by atoms with Gasteiger partial charge in [0.2, 0.25) is 0 Å². The molecular weight excluding hydrogens is 472 g/mol. The summed E-state index contributed by atoms with van der Waals surface area (Å²) in [5, 5.41) is 7.68. The minimum atomic E-state index is 0.167. The molecule has 0 N–H and O–H groups in total. The van der Waals surface area contributed by atoms with Crippen LogP contribution in [0.5, 0.6) is 0 Å². The van der Waals surface area contributed by atoms with Gasteiger partial charge in [0.1, 0.15) is 6.00 Å². The molecule has 6 aromatic carbocycles. The normalized spacial score (nSPS) is 12.5. The molecule has 0 fully saturated rings. The maximum atomic E-state index is 5.95. The minimum Gasteiger partial charge on any atom is -0.250 e. The molecule has 0 atom stereocenters. The first-order valence-electron chi connectivity index (χ1n) is 12.4.